The minimum Gasteiger partial charge on any atom is -0.453 e. The van der Waals surface area contributed by atoms with Crippen molar-refractivity contribution in [3.63, 3.8) is 0 Å². The second-order valence-corrected chi connectivity index (χ2v) is 12.7. The van der Waals surface area contributed by atoms with Gasteiger partial charge in [0.25, 0.3) is 0 Å². The maximum atomic E-state index is 14.9. The van der Waals surface area contributed by atoms with Crippen molar-refractivity contribution in [2.24, 2.45) is 17.8 Å². The van der Waals surface area contributed by atoms with Gasteiger partial charge in [-0.2, -0.15) is 5.26 Å². The van der Waals surface area contributed by atoms with E-state index in [1.54, 1.807) is 24.0 Å². The van der Waals surface area contributed by atoms with E-state index in [1.165, 1.54) is 13.2 Å². The normalized spacial score (nSPS) is 22.7. The molecular weight excluding hydrogens is 545 g/mol. The molecule has 0 bridgehead atoms. The van der Waals surface area contributed by atoms with Crippen LogP contribution in [-0.4, -0.2) is 81.3 Å². The van der Waals surface area contributed by atoms with Crippen molar-refractivity contribution >= 4 is 17.7 Å². The summed E-state index contributed by atoms with van der Waals surface area (Å²) in [6.45, 7) is 6.99. The maximum absolute atomic E-state index is 14.9. The van der Waals surface area contributed by atoms with Gasteiger partial charge in [-0.25, -0.2) is 9.18 Å². The summed E-state index contributed by atoms with van der Waals surface area (Å²) in [7, 11) is 3.21. The monoisotopic (exact) mass is 589 g/mol. The summed E-state index contributed by atoms with van der Waals surface area (Å²) >= 11 is 0. The lowest BCUT2D eigenvalue weighted by Gasteiger charge is -2.52. The largest absolute Gasteiger partial charge is 0.453 e. The van der Waals surface area contributed by atoms with Gasteiger partial charge in [-0.15, -0.1) is 0 Å². The van der Waals surface area contributed by atoms with Crippen molar-refractivity contribution in [2.75, 3.05) is 58.3 Å². The Hall–Kier alpha value is -3.64. The third-order valence-electron chi connectivity index (χ3n) is 10.2. The molecule has 2 amide bonds. The number of anilines is 1. The predicted octanol–water partition coefficient (Wildman–Crippen LogP) is 4.79. The maximum Gasteiger partial charge on any atom is 0.407 e. The fourth-order valence-electron chi connectivity index (χ4n) is 7.97. The van der Waals surface area contributed by atoms with Crippen molar-refractivity contribution in [3.8, 4) is 6.07 Å². The van der Waals surface area contributed by atoms with Gasteiger partial charge in [-0.3, -0.25) is 4.79 Å². The van der Waals surface area contributed by atoms with Gasteiger partial charge in [0.1, 0.15) is 5.82 Å². The van der Waals surface area contributed by atoms with Gasteiger partial charge < -0.3 is 24.8 Å². The quantitative estimate of drug-likeness (QED) is 0.453. The van der Waals surface area contributed by atoms with Crippen molar-refractivity contribution < 1.29 is 18.7 Å². The highest BCUT2D eigenvalue weighted by atomic mass is 19.1. The number of nitrogens with one attached hydrogen (secondary N) is 1. The van der Waals surface area contributed by atoms with Crippen LogP contribution in [0, 0.1) is 34.9 Å². The van der Waals surface area contributed by atoms with E-state index < -0.39 is 11.5 Å². The van der Waals surface area contributed by atoms with Crippen molar-refractivity contribution in [3.05, 3.63) is 65.5 Å². The number of likely N-dealkylation sites (tertiary alicyclic amines) is 1. The first-order valence-electron chi connectivity index (χ1n) is 15.5. The summed E-state index contributed by atoms with van der Waals surface area (Å²) in [6, 6.07) is 16.8. The van der Waals surface area contributed by atoms with E-state index >= 15 is 0 Å². The smallest absolute Gasteiger partial charge is 0.407 e. The van der Waals surface area contributed by atoms with Gasteiger partial charge in [0.15, 0.2) is 0 Å². The van der Waals surface area contributed by atoms with Gasteiger partial charge >= 0.3 is 6.09 Å². The molecule has 0 unspecified atom stereocenters. The Morgan fingerprint density at radius 1 is 1.12 bits per heavy atom. The Bertz CT molecular complexity index is 1320. The summed E-state index contributed by atoms with van der Waals surface area (Å²) in [6.07, 6.45) is 4.11. The van der Waals surface area contributed by atoms with Crippen LogP contribution in [0.3, 0.4) is 0 Å². The summed E-state index contributed by atoms with van der Waals surface area (Å²) in [5.41, 5.74) is 2.24. The van der Waals surface area contributed by atoms with E-state index in [2.05, 4.69) is 21.2 Å². The average Bonchev–Trinajstić information content (AvgIpc) is 3.46. The van der Waals surface area contributed by atoms with Crippen LogP contribution in [0.2, 0.25) is 0 Å². The Morgan fingerprint density at radius 2 is 1.84 bits per heavy atom. The van der Waals surface area contributed by atoms with E-state index in [1.807, 2.05) is 37.4 Å². The van der Waals surface area contributed by atoms with Crippen LogP contribution in [0.4, 0.5) is 14.9 Å². The number of nitriles is 1. The first-order chi connectivity index (χ1) is 20.7. The molecule has 230 valence electrons. The fourth-order valence-corrected chi connectivity index (χ4v) is 7.97. The molecule has 0 radical (unpaired) electrons. The number of benzene rings is 2. The van der Waals surface area contributed by atoms with Crippen LogP contribution in [-0.2, 0) is 14.9 Å². The minimum absolute atomic E-state index is 0.0227. The van der Waals surface area contributed by atoms with E-state index in [4.69, 9.17) is 10.00 Å². The number of rotatable bonds is 9. The lowest BCUT2D eigenvalue weighted by molar-refractivity contribution is -0.129. The topological polar surface area (TPSA) is 88.9 Å². The van der Waals surface area contributed by atoms with Crippen LogP contribution in [0.15, 0.2) is 48.5 Å². The number of nitrogens with zero attached hydrogens (tertiary/aromatic N) is 4. The molecule has 3 fully saturated rings. The highest BCUT2D eigenvalue weighted by Crippen LogP contribution is 2.51. The number of alkyl carbamates (subject to hydrolysis) is 1. The number of piperidine rings is 1. The first-order valence-corrected chi connectivity index (χ1v) is 15.5. The van der Waals surface area contributed by atoms with E-state index in [0.717, 1.165) is 76.1 Å². The number of amides is 2. The van der Waals surface area contributed by atoms with Crippen LogP contribution < -0.4 is 10.2 Å². The summed E-state index contributed by atoms with van der Waals surface area (Å²) < 4.78 is 19.8. The SMILES string of the molecule is COC(=O)N[C@H]1CCC[C@@H]1[C@](CN(C)C(C)=O)(c1cccc(F)c1)C1CCN(CC2CN(c3ccc(C#N)cc3)C2)CC1. The van der Waals surface area contributed by atoms with Gasteiger partial charge in [0, 0.05) is 63.2 Å². The third-order valence-corrected chi connectivity index (χ3v) is 10.2. The Morgan fingerprint density at radius 3 is 2.47 bits per heavy atom. The molecule has 2 saturated heterocycles. The van der Waals surface area contributed by atoms with Gasteiger partial charge in [0.05, 0.1) is 18.7 Å². The van der Waals surface area contributed by atoms with Crippen LogP contribution >= 0.6 is 0 Å². The standard InChI is InChI=1S/C34H44FN5O3/c1-24(41)38(2)23-34(28-6-4-7-29(35)18-28,31-8-5-9-32(31)37-33(42)43-3)27-14-16-39(17-15-27)20-26-21-40(22-26)30-12-10-25(19-36)11-13-30/h4,6-7,10-13,18,26-27,31-32H,5,8-9,14-17,20-23H2,1-3H3,(H,37,42)/t31-,32-,34-/m0/s1. The second kappa shape index (κ2) is 13.3. The molecule has 5 rings (SSSR count). The van der Waals surface area contributed by atoms with Gasteiger partial charge in [-0.1, -0.05) is 18.6 Å². The van der Waals surface area contributed by atoms with Crippen molar-refractivity contribution in [2.45, 2.75) is 50.5 Å². The number of ether oxygens (including phenoxy) is 1. The Kier molecular flexibility index (Phi) is 9.55. The second-order valence-electron chi connectivity index (χ2n) is 12.7. The predicted molar refractivity (Wildman–Crippen MR) is 164 cm³/mol. The molecule has 0 aromatic heterocycles. The number of likely N-dealkylation sites (N-methyl/N-ethyl adjacent to an activating group) is 1. The number of methoxy groups -OCH3 is 1. The molecule has 1 N–H and O–H groups in total. The molecule has 3 aliphatic rings. The molecule has 8 nitrogen and oxygen atoms in total. The number of carbonyl (C=O) groups excluding carboxylic acids is 2. The number of carbonyl (C=O) groups is 2. The molecule has 3 atom stereocenters. The summed E-state index contributed by atoms with van der Waals surface area (Å²) in [4.78, 5) is 31.7. The molecule has 43 heavy (non-hydrogen) atoms. The first kappa shape index (κ1) is 30.8. The highest BCUT2D eigenvalue weighted by Gasteiger charge is 2.53. The number of hydrogen-bond acceptors (Lipinski definition) is 6. The lowest BCUT2D eigenvalue weighted by atomic mass is 9.58. The molecule has 2 aromatic carbocycles. The Balaban J connectivity index is 1.34. The average molecular weight is 590 g/mol. The van der Waals surface area contributed by atoms with Gasteiger partial charge in [-0.05, 0) is 92.6 Å². The van der Waals surface area contributed by atoms with E-state index in [0.29, 0.717) is 18.0 Å². The van der Waals surface area contributed by atoms with E-state index in [9.17, 15) is 14.0 Å². The highest BCUT2D eigenvalue weighted by molar-refractivity contribution is 5.73. The fraction of sp³-hybridized carbons (Fsp3) is 0.559. The lowest BCUT2D eigenvalue weighted by Crippen LogP contribution is -2.58. The zero-order chi connectivity index (χ0) is 30.6. The zero-order valence-corrected chi connectivity index (χ0v) is 25.6. The van der Waals surface area contributed by atoms with Crippen LogP contribution in [0.5, 0.6) is 0 Å². The molecule has 2 aromatic rings. The molecular formula is C34H44FN5O3. The molecule has 2 aliphatic heterocycles. The van der Waals surface area contributed by atoms with Gasteiger partial charge in [0.2, 0.25) is 5.91 Å². The molecule has 1 aliphatic carbocycles. The van der Waals surface area contributed by atoms with Crippen molar-refractivity contribution in [1.82, 2.24) is 15.1 Å². The minimum atomic E-state index is -0.514. The number of halogens is 1. The molecule has 0 spiro atoms. The van der Waals surface area contributed by atoms with Crippen LogP contribution in [0.1, 0.15) is 50.2 Å². The van der Waals surface area contributed by atoms with Crippen LogP contribution in [0.25, 0.3) is 0 Å². The molecule has 9 heteroatoms. The molecule has 1 saturated carbocycles. The zero-order valence-electron chi connectivity index (χ0n) is 25.6. The number of hydrogen-bond donors (Lipinski definition) is 1. The Labute approximate surface area is 254 Å². The molecule has 2 heterocycles. The van der Waals surface area contributed by atoms with Crippen molar-refractivity contribution in [1.29, 1.82) is 5.26 Å². The third kappa shape index (κ3) is 6.65. The van der Waals surface area contributed by atoms with E-state index in [-0.39, 0.29) is 29.6 Å². The summed E-state index contributed by atoms with van der Waals surface area (Å²) in [5.74, 6) is 0.545. The summed E-state index contributed by atoms with van der Waals surface area (Å²) in [5, 5.41) is 12.2.